The molecule has 2 heterocycles. The Morgan fingerprint density at radius 3 is 1.46 bits per heavy atom. The predicted octanol–water partition coefficient (Wildman–Crippen LogP) is 6.31. The van der Waals surface area contributed by atoms with Gasteiger partial charge in [0.05, 0.1) is 39.6 Å². The number of rotatable bonds is 14. The molecule has 0 bridgehead atoms. The first kappa shape index (κ1) is 28.0. The van der Waals surface area contributed by atoms with Crippen molar-refractivity contribution in [3.63, 3.8) is 0 Å². The average molecular weight is 545 g/mol. The number of ether oxygens (including phenoxy) is 3. The van der Waals surface area contributed by atoms with Gasteiger partial charge in [-0.25, -0.2) is 27.5 Å². The molecule has 0 fully saturated rings. The van der Waals surface area contributed by atoms with Crippen LogP contribution in [0.15, 0.2) is 57.8 Å². The molecule has 204 valence electrons. The van der Waals surface area contributed by atoms with E-state index in [4.69, 9.17) is 23.0 Å². The van der Waals surface area contributed by atoms with E-state index in [0.717, 1.165) is 12.1 Å². The van der Waals surface area contributed by atoms with Crippen molar-refractivity contribution in [1.82, 2.24) is 9.97 Å². The summed E-state index contributed by atoms with van der Waals surface area (Å²) in [6.45, 7) is 1.75. The molecule has 2 aromatic carbocycles. The molecule has 4 aromatic rings. The van der Waals surface area contributed by atoms with Gasteiger partial charge >= 0.3 is 0 Å². The number of nitrogens with zero attached hydrogens (tertiary/aromatic N) is 2. The Morgan fingerprint density at radius 2 is 1.03 bits per heavy atom. The zero-order valence-electron chi connectivity index (χ0n) is 20.6. The molecule has 4 rings (SSSR count). The first-order valence-corrected chi connectivity index (χ1v) is 11.8. The second-order valence-electron chi connectivity index (χ2n) is 8.07. The smallest absolute Gasteiger partial charge is 0.218 e. The topological polar surface area (TPSA) is 79.8 Å². The number of oxazole rings is 2. The van der Waals surface area contributed by atoms with Crippen molar-refractivity contribution in [3.8, 4) is 0 Å². The molecule has 0 radical (unpaired) electrons. The van der Waals surface area contributed by atoms with Crippen molar-refractivity contribution >= 4 is 24.3 Å². The molecule has 0 spiro atoms. The van der Waals surface area contributed by atoms with E-state index in [1.165, 1.54) is 61.1 Å². The first-order valence-electron chi connectivity index (χ1n) is 11.8. The van der Waals surface area contributed by atoms with E-state index in [1.807, 2.05) is 0 Å². The monoisotopic (exact) mass is 544 g/mol. The van der Waals surface area contributed by atoms with Crippen LogP contribution in [0.2, 0.25) is 0 Å². The zero-order chi connectivity index (χ0) is 27.5. The molecular formula is C28H24F4N2O5. The second-order valence-corrected chi connectivity index (χ2v) is 8.07. The molecule has 0 N–H and O–H groups in total. The van der Waals surface area contributed by atoms with E-state index in [1.54, 1.807) is 0 Å². The summed E-state index contributed by atoms with van der Waals surface area (Å²) in [6.07, 6.45) is 8.71. The van der Waals surface area contributed by atoms with Crippen molar-refractivity contribution in [2.75, 3.05) is 26.4 Å². The van der Waals surface area contributed by atoms with Crippen molar-refractivity contribution in [2.24, 2.45) is 0 Å². The summed E-state index contributed by atoms with van der Waals surface area (Å²) in [6, 6.07) is 6.59. The van der Waals surface area contributed by atoms with Crippen LogP contribution < -0.4 is 0 Å². The number of benzene rings is 2. The molecule has 0 amide bonds. The molecule has 0 saturated carbocycles. The predicted molar refractivity (Wildman–Crippen MR) is 134 cm³/mol. The van der Waals surface area contributed by atoms with Crippen molar-refractivity contribution in [3.05, 3.63) is 106 Å². The molecule has 11 heteroatoms. The first-order chi connectivity index (χ1) is 19.0. The molecule has 0 saturated heterocycles. The maximum absolute atomic E-state index is 13.7. The highest BCUT2D eigenvalue weighted by atomic mass is 19.1. The van der Waals surface area contributed by atoms with E-state index < -0.39 is 23.3 Å². The van der Waals surface area contributed by atoms with Crippen molar-refractivity contribution < 1.29 is 40.6 Å². The van der Waals surface area contributed by atoms with Gasteiger partial charge in [0.1, 0.15) is 47.2 Å². The number of halogens is 4. The fourth-order valence-electron chi connectivity index (χ4n) is 3.22. The molecule has 39 heavy (non-hydrogen) atoms. The van der Waals surface area contributed by atoms with Gasteiger partial charge in [0.15, 0.2) is 0 Å². The van der Waals surface area contributed by atoms with E-state index in [-0.39, 0.29) is 36.1 Å². The normalized spacial score (nSPS) is 11.8. The highest BCUT2D eigenvalue weighted by molar-refractivity contribution is 5.67. The molecular weight excluding hydrogens is 520 g/mol. The largest absolute Gasteiger partial charge is 0.445 e. The van der Waals surface area contributed by atoms with E-state index in [9.17, 15) is 17.6 Å². The maximum atomic E-state index is 13.7. The molecule has 0 aliphatic carbocycles. The third-order valence-corrected chi connectivity index (χ3v) is 5.12. The lowest BCUT2D eigenvalue weighted by molar-refractivity contribution is 0.00600. The molecule has 0 aliphatic rings. The van der Waals surface area contributed by atoms with Gasteiger partial charge in [-0.05, 0) is 36.4 Å². The van der Waals surface area contributed by atoms with Crippen LogP contribution >= 0.6 is 0 Å². The number of aromatic nitrogens is 2. The minimum absolute atomic E-state index is 0.207. The summed E-state index contributed by atoms with van der Waals surface area (Å²) in [4.78, 5) is 8.42. The van der Waals surface area contributed by atoms with Crippen LogP contribution in [0.25, 0.3) is 24.3 Å². The number of hydrogen-bond donors (Lipinski definition) is 0. The van der Waals surface area contributed by atoms with Gasteiger partial charge in [-0.15, -0.1) is 0 Å². The van der Waals surface area contributed by atoms with Gasteiger partial charge in [0.2, 0.25) is 11.8 Å². The SMILES string of the molecule is Fc1ccc(/C=C/c2nc(COCCOCCOCc3coc(/C=C/c4ccc(F)cc4F)n3)co2)c(F)c1. The lowest BCUT2D eigenvalue weighted by Crippen LogP contribution is -2.09. The molecule has 2 aromatic heterocycles. The minimum Gasteiger partial charge on any atom is -0.445 e. The van der Waals surface area contributed by atoms with Gasteiger partial charge in [0, 0.05) is 35.4 Å². The quantitative estimate of drug-likeness (QED) is 0.136. The molecule has 0 atom stereocenters. The van der Waals surface area contributed by atoms with Crippen LogP contribution in [0.1, 0.15) is 34.3 Å². The van der Waals surface area contributed by atoms with Crippen LogP contribution in [0.3, 0.4) is 0 Å². The van der Waals surface area contributed by atoms with Gasteiger partial charge < -0.3 is 23.0 Å². The Labute approximate surface area is 221 Å². The highest BCUT2D eigenvalue weighted by Crippen LogP contribution is 2.15. The van der Waals surface area contributed by atoms with Crippen LogP contribution in [0.5, 0.6) is 0 Å². The fraction of sp³-hybridized carbons (Fsp3) is 0.214. The van der Waals surface area contributed by atoms with Gasteiger partial charge in [-0.3, -0.25) is 0 Å². The summed E-state index contributed by atoms with van der Waals surface area (Å²) < 4.78 is 80.3. The van der Waals surface area contributed by atoms with E-state index >= 15 is 0 Å². The highest BCUT2D eigenvalue weighted by Gasteiger charge is 2.05. The summed E-state index contributed by atoms with van der Waals surface area (Å²) >= 11 is 0. The summed E-state index contributed by atoms with van der Waals surface area (Å²) in [5, 5.41) is 0. The second kappa shape index (κ2) is 14.2. The average Bonchev–Trinajstić information content (AvgIpc) is 3.56. The van der Waals surface area contributed by atoms with Crippen molar-refractivity contribution in [1.29, 1.82) is 0 Å². The Kier molecular flexibility index (Phi) is 10.2. The Balaban J connectivity index is 1.05. The standard InChI is InChI=1S/C28H24F4N2O5/c29-21-5-1-19(25(31)13-21)3-7-27-33-23(17-38-27)15-36-11-9-35-10-12-37-16-24-18-39-28(34-24)8-4-20-2-6-22(30)14-26(20)32/h1-8,13-14,17-18H,9-12,15-16H2/b7-3+,8-4+. The summed E-state index contributed by atoms with van der Waals surface area (Å²) in [5.41, 5.74) is 1.55. The van der Waals surface area contributed by atoms with E-state index in [2.05, 4.69) is 9.97 Å². The Hall–Kier alpha value is -4.06. The molecule has 7 nitrogen and oxygen atoms in total. The Morgan fingerprint density at radius 1 is 0.590 bits per heavy atom. The van der Waals surface area contributed by atoms with Gasteiger partial charge in [-0.1, -0.05) is 0 Å². The lowest BCUT2D eigenvalue weighted by Gasteiger charge is -2.05. The Bertz CT molecular complexity index is 1310. The van der Waals surface area contributed by atoms with E-state index in [0.29, 0.717) is 37.8 Å². The van der Waals surface area contributed by atoms with Gasteiger partial charge in [0.25, 0.3) is 0 Å². The van der Waals surface area contributed by atoms with Crippen LogP contribution in [-0.2, 0) is 27.4 Å². The lowest BCUT2D eigenvalue weighted by atomic mass is 10.2. The zero-order valence-corrected chi connectivity index (χ0v) is 20.6. The fourth-order valence-corrected chi connectivity index (χ4v) is 3.22. The van der Waals surface area contributed by atoms with Crippen molar-refractivity contribution in [2.45, 2.75) is 13.2 Å². The molecule has 0 unspecified atom stereocenters. The molecule has 0 aliphatic heterocycles. The number of hydrogen-bond acceptors (Lipinski definition) is 7. The van der Waals surface area contributed by atoms with Crippen LogP contribution in [-0.4, -0.2) is 36.4 Å². The summed E-state index contributed by atoms with van der Waals surface area (Å²) in [5.74, 6) is -2.11. The third kappa shape index (κ3) is 9.02. The van der Waals surface area contributed by atoms with Crippen LogP contribution in [0, 0.1) is 23.3 Å². The third-order valence-electron chi connectivity index (χ3n) is 5.12. The minimum atomic E-state index is -0.676. The summed E-state index contributed by atoms with van der Waals surface area (Å²) in [7, 11) is 0. The van der Waals surface area contributed by atoms with Gasteiger partial charge in [-0.2, -0.15) is 0 Å². The van der Waals surface area contributed by atoms with Crippen LogP contribution in [0.4, 0.5) is 17.6 Å². The maximum Gasteiger partial charge on any atom is 0.218 e.